The van der Waals surface area contributed by atoms with Gasteiger partial charge in [-0.15, -0.1) is 5.39 Å². The Kier molecular flexibility index (Phi) is 9.96. The van der Waals surface area contributed by atoms with Gasteiger partial charge in [0.05, 0.1) is 10.8 Å². The number of hydrogen-bond acceptors (Lipinski definition) is 1. The second-order valence-electron chi connectivity index (χ2n) is 17.9. The Morgan fingerprint density at radius 3 is 1.80 bits per heavy atom. The van der Waals surface area contributed by atoms with Gasteiger partial charge in [0.15, 0.2) is 8.07 Å². The number of benzene rings is 8. The fraction of sp³-hybridized carbons (Fsp3) is 0.0690. The predicted octanol–water partition coefficient (Wildman–Crippen LogP) is 7.31. The van der Waals surface area contributed by atoms with Crippen LogP contribution < -0.4 is 40.7 Å². The number of nitrogens with zero attached hydrogens (tertiary/aromatic N) is 4. The molecule has 0 amide bonds. The largest absolute Gasteiger partial charge is 0.363 e. The van der Waals surface area contributed by atoms with Gasteiger partial charge in [-0.2, -0.15) is 54.6 Å². The molecule has 4 heterocycles. The van der Waals surface area contributed by atoms with Crippen molar-refractivity contribution < 1.29 is 25.3 Å². The summed E-state index contributed by atoms with van der Waals surface area (Å²) in [4.78, 5) is 6.10. The van der Waals surface area contributed by atoms with Crippen molar-refractivity contribution in [1.82, 2.24) is 14.1 Å². The molecule has 1 atom stereocenters. The van der Waals surface area contributed by atoms with Gasteiger partial charge in [0, 0.05) is 32.1 Å². The van der Waals surface area contributed by atoms with Crippen molar-refractivity contribution in [2.24, 2.45) is 0 Å². The summed E-state index contributed by atoms with van der Waals surface area (Å²) in [5.74, 6) is 0.885. The van der Waals surface area contributed by atoms with Crippen LogP contribution in [0.15, 0.2) is 212 Å². The number of rotatable bonds is 6. The van der Waals surface area contributed by atoms with E-state index in [-0.39, 0.29) is 26.5 Å². The van der Waals surface area contributed by atoms with Crippen molar-refractivity contribution in [3.8, 4) is 11.5 Å². The molecule has 0 spiro atoms. The van der Waals surface area contributed by atoms with Crippen LogP contribution in [0.4, 0.5) is 0 Å². The topological polar surface area (TPSA) is 26.6 Å². The van der Waals surface area contributed by atoms with Crippen molar-refractivity contribution in [2.75, 3.05) is 0 Å². The van der Waals surface area contributed by atoms with E-state index in [4.69, 9.17) is 4.98 Å². The maximum absolute atomic E-state index is 6.10. The molecule has 1 aliphatic rings. The standard InChI is InChI=1S/C58H44N4Si2.Pt/c1-58(2,3)42-39-55(62-49-33-18-16-31-47(49)48-32-17-19-34-50(48)62)59-56(40-42)64(46-29-14-7-15-30-46)53-37-21-20-36-52(53)63(44-25-10-5-11-26-44,45-27-12-6-13-28-45)54-38-22-35-51-57(54)61(64)41-60(51)43-23-8-4-9-24-43;/h4-23,25-33,35-40H,1-3H3;/q-2;. The number of pyridine rings is 1. The first-order valence-corrected chi connectivity index (χ1v) is 26.0. The molecule has 65 heavy (non-hydrogen) atoms. The van der Waals surface area contributed by atoms with E-state index >= 15 is 0 Å². The molecule has 1 unspecified atom stereocenters. The minimum atomic E-state index is -3.59. The fourth-order valence-electron chi connectivity index (χ4n) is 10.7. The monoisotopic (exact) mass is 1050 g/mol. The van der Waals surface area contributed by atoms with Crippen LogP contribution in [-0.4, -0.2) is 30.4 Å². The summed E-state index contributed by atoms with van der Waals surface area (Å²) < 4.78 is 7.20. The van der Waals surface area contributed by atoms with Crippen LogP contribution in [0, 0.1) is 18.5 Å². The van der Waals surface area contributed by atoms with E-state index in [1.165, 1.54) is 47.6 Å². The summed E-state index contributed by atoms with van der Waals surface area (Å²) >= 11 is 0. The van der Waals surface area contributed by atoms with E-state index in [0.29, 0.717) is 0 Å². The van der Waals surface area contributed by atoms with Crippen molar-refractivity contribution in [3.05, 3.63) is 236 Å². The van der Waals surface area contributed by atoms with Crippen LogP contribution in [0.25, 0.3) is 44.3 Å². The van der Waals surface area contributed by atoms with Crippen molar-refractivity contribution >= 4 is 85.6 Å². The van der Waals surface area contributed by atoms with Crippen molar-refractivity contribution in [2.45, 2.75) is 26.2 Å². The number of para-hydroxylation sites is 4. The van der Waals surface area contributed by atoms with Crippen LogP contribution in [-0.2, 0) is 26.5 Å². The summed E-state index contributed by atoms with van der Waals surface area (Å²) in [6, 6.07) is 85.6. The normalized spacial score (nSPS) is 15.4. The Morgan fingerprint density at radius 1 is 0.523 bits per heavy atom. The van der Waals surface area contributed by atoms with E-state index < -0.39 is 16.3 Å². The Bertz CT molecular complexity index is 3450. The Morgan fingerprint density at radius 2 is 1.11 bits per heavy atom. The van der Waals surface area contributed by atoms with Gasteiger partial charge in [-0.3, -0.25) is 0 Å². The van der Waals surface area contributed by atoms with Crippen LogP contribution in [0.1, 0.15) is 26.3 Å². The number of hydrogen-bond donors (Lipinski definition) is 0. The van der Waals surface area contributed by atoms with E-state index in [0.717, 1.165) is 38.8 Å². The molecule has 0 N–H and O–H groups in total. The Labute approximate surface area is 396 Å². The molecule has 0 fully saturated rings. The minimum Gasteiger partial charge on any atom is -0.353 e. The fourth-order valence-corrected chi connectivity index (χ4v) is 21.5. The molecule has 1 aliphatic heterocycles. The SMILES string of the molecule is CC(C)(C)c1cc(-n2c3[c-]cccc3c3ccccc32)nc([Si]2(c3ccccc3)c3ccccc3[Si](c3ccccc3)(c3ccccc3)c3cccc4c3[n+]2[c-]n4-c2[c-]cccc2)c1.[Pt]. The first-order valence-electron chi connectivity index (χ1n) is 22.1. The summed E-state index contributed by atoms with van der Waals surface area (Å²) in [5, 5.41) is 11.3. The average molecular weight is 1050 g/mol. The van der Waals surface area contributed by atoms with E-state index in [9.17, 15) is 0 Å². The molecule has 0 bridgehead atoms. The molecule has 0 radical (unpaired) electrons. The third-order valence-corrected chi connectivity index (χ3v) is 22.9. The van der Waals surface area contributed by atoms with Crippen molar-refractivity contribution in [3.63, 3.8) is 0 Å². The summed E-state index contributed by atoms with van der Waals surface area (Å²) in [6.07, 6.45) is 4.16. The third-order valence-electron chi connectivity index (χ3n) is 13.4. The van der Waals surface area contributed by atoms with Crippen LogP contribution >= 0.6 is 0 Å². The van der Waals surface area contributed by atoms with Crippen LogP contribution in [0.3, 0.4) is 0 Å². The molecule has 8 aromatic carbocycles. The zero-order valence-electron chi connectivity index (χ0n) is 36.3. The quantitative estimate of drug-likeness (QED) is 0.127. The van der Waals surface area contributed by atoms with Gasteiger partial charge in [-0.25, -0.2) is 4.98 Å². The van der Waals surface area contributed by atoms with Gasteiger partial charge in [0.2, 0.25) is 6.33 Å². The smallest absolute Gasteiger partial charge is 0.353 e. The van der Waals surface area contributed by atoms with Gasteiger partial charge in [-0.05, 0) is 65.7 Å². The summed E-state index contributed by atoms with van der Waals surface area (Å²) in [6.45, 7) is 6.97. The van der Waals surface area contributed by atoms with Gasteiger partial charge in [0.25, 0.3) is 0 Å². The third kappa shape index (κ3) is 6.04. The maximum atomic E-state index is 6.10. The molecule has 316 valence electrons. The first kappa shape index (κ1) is 41.0. The van der Waals surface area contributed by atoms with Crippen LogP contribution in [0.5, 0.6) is 0 Å². The molecule has 4 nitrogen and oxygen atoms in total. The van der Waals surface area contributed by atoms with E-state index in [2.05, 4.69) is 247 Å². The molecule has 0 saturated heterocycles. The second kappa shape index (κ2) is 15.8. The number of imidazole rings is 1. The molecule has 7 heteroatoms. The minimum absolute atomic E-state index is 0. The van der Waals surface area contributed by atoms with E-state index in [1.807, 2.05) is 18.2 Å². The Hall–Kier alpha value is -6.70. The maximum Gasteiger partial charge on any atom is 0.363 e. The summed E-state index contributed by atoms with van der Waals surface area (Å²) in [5.41, 5.74) is 6.34. The van der Waals surface area contributed by atoms with Gasteiger partial charge >= 0.3 is 8.24 Å². The molecule has 11 aromatic rings. The summed E-state index contributed by atoms with van der Waals surface area (Å²) in [7, 11) is -6.74. The molecular weight excluding hydrogens is 1000 g/mol. The first-order chi connectivity index (χ1) is 31.4. The van der Waals surface area contributed by atoms with Gasteiger partial charge in [0.1, 0.15) is 5.82 Å². The van der Waals surface area contributed by atoms with Crippen LogP contribution in [0.2, 0.25) is 0 Å². The second-order valence-corrected chi connectivity index (χ2v) is 25.2. The zero-order valence-corrected chi connectivity index (χ0v) is 40.6. The Balaban J connectivity index is 0.00000469. The average Bonchev–Trinajstić information content (AvgIpc) is 3.88. The van der Waals surface area contributed by atoms with Gasteiger partial charge in [-0.1, -0.05) is 184 Å². The zero-order chi connectivity index (χ0) is 43.0. The number of fused-ring (bicyclic) bond motifs is 4. The molecule has 0 aliphatic carbocycles. The molecule has 12 rings (SSSR count). The number of aromatic nitrogens is 4. The van der Waals surface area contributed by atoms with Gasteiger partial charge < -0.3 is 13.4 Å². The molecular formula is C58H44N4PtSi2-2. The molecule has 3 aromatic heterocycles. The predicted molar refractivity (Wildman–Crippen MR) is 267 cm³/mol. The van der Waals surface area contributed by atoms with E-state index in [1.54, 1.807) is 0 Å². The molecule has 0 saturated carbocycles. The van der Waals surface area contributed by atoms with Crippen molar-refractivity contribution in [1.29, 1.82) is 0 Å².